The highest BCUT2D eigenvalue weighted by Gasteiger charge is 2.28. The number of benzene rings is 1. The van der Waals surface area contributed by atoms with Gasteiger partial charge in [-0.2, -0.15) is 0 Å². The highest BCUT2D eigenvalue weighted by Crippen LogP contribution is 2.33. The van der Waals surface area contributed by atoms with E-state index >= 15 is 0 Å². The Morgan fingerprint density at radius 3 is 2.41 bits per heavy atom. The van der Waals surface area contributed by atoms with Crippen molar-refractivity contribution in [3.63, 3.8) is 0 Å². The molecule has 3 heterocycles. The van der Waals surface area contributed by atoms with Gasteiger partial charge in [-0.15, -0.1) is 0 Å². The number of nitrogens with zero attached hydrogens (tertiary/aromatic N) is 3. The number of aromatic nitrogens is 1. The summed E-state index contributed by atoms with van der Waals surface area (Å²) in [6, 6.07) is 10.2. The number of carbonyl (C=O) groups excluding carboxylic acids is 1. The third kappa shape index (κ3) is 3.96. The topological polar surface area (TPSA) is 28.5 Å². The van der Waals surface area contributed by atoms with Crippen LogP contribution in [0.2, 0.25) is 0 Å². The van der Waals surface area contributed by atoms with E-state index in [-0.39, 0.29) is 0 Å². The minimum Gasteiger partial charge on any atom is -0.344 e. The predicted molar refractivity (Wildman–Crippen MR) is 118 cm³/mol. The normalized spacial score (nSPS) is 23.2. The molecule has 0 atom stereocenters. The monoisotopic (exact) mass is 393 g/mol. The molecule has 0 spiro atoms. The van der Waals surface area contributed by atoms with Crippen LogP contribution in [0.5, 0.6) is 0 Å². The van der Waals surface area contributed by atoms with Gasteiger partial charge < -0.3 is 14.4 Å². The van der Waals surface area contributed by atoms with Crippen LogP contribution in [0.4, 0.5) is 0 Å². The highest BCUT2D eigenvalue weighted by atomic mass is 16.2. The average Bonchev–Trinajstić information content (AvgIpc) is 3.15. The van der Waals surface area contributed by atoms with E-state index in [1.165, 1.54) is 74.5 Å². The minimum atomic E-state index is 0.328. The Kier molecular flexibility index (Phi) is 5.63. The summed E-state index contributed by atoms with van der Waals surface area (Å²) in [7, 11) is 0. The lowest BCUT2D eigenvalue weighted by Gasteiger charge is -2.39. The van der Waals surface area contributed by atoms with Crippen molar-refractivity contribution < 1.29 is 4.79 Å². The first-order valence-electron chi connectivity index (χ1n) is 11.9. The molecular weight excluding hydrogens is 358 g/mol. The number of para-hydroxylation sites is 1. The molecule has 1 saturated carbocycles. The maximum absolute atomic E-state index is 12.3. The fraction of sp³-hybridized carbons (Fsp3) is 0.640. The van der Waals surface area contributed by atoms with Crippen LogP contribution < -0.4 is 0 Å². The molecule has 5 rings (SSSR count). The van der Waals surface area contributed by atoms with Gasteiger partial charge in [-0.05, 0) is 50.2 Å². The maximum atomic E-state index is 12.3. The van der Waals surface area contributed by atoms with E-state index in [0.29, 0.717) is 11.9 Å². The second-order valence-electron chi connectivity index (χ2n) is 9.41. The Balaban J connectivity index is 1.33. The quantitative estimate of drug-likeness (QED) is 0.721. The molecule has 2 aromatic rings. The molecule has 3 aliphatic rings. The Morgan fingerprint density at radius 2 is 1.62 bits per heavy atom. The van der Waals surface area contributed by atoms with E-state index in [1.54, 1.807) is 0 Å². The van der Waals surface area contributed by atoms with E-state index in [9.17, 15) is 4.79 Å². The van der Waals surface area contributed by atoms with Crippen molar-refractivity contribution >= 4 is 16.8 Å². The van der Waals surface area contributed by atoms with Crippen LogP contribution in [0.1, 0.15) is 75.8 Å². The molecule has 1 aromatic heterocycles. The molecule has 156 valence electrons. The number of fused-ring (bicyclic) bond motifs is 1. The van der Waals surface area contributed by atoms with Crippen LogP contribution in [0.3, 0.4) is 0 Å². The third-order valence-corrected chi connectivity index (χ3v) is 7.59. The lowest BCUT2D eigenvalue weighted by Crippen LogP contribution is -2.42. The fourth-order valence-electron chi connectivity index (χ4n) is 5.92. The van der Waals surface area contributed by atoms with Crippen LogP contribution in [-0.4, -0.2) is 46.0 Å². The molecule has 1 amide bonds. The van der Waals surface area contributed by atoms with Crippen LogP contribution >= 0.6 is 0 Å². The molecule has 1 aliphatic carbocycles. The molecule has 1 aromatic carbocycles. The van der Waals surface area contributed by atoms with E-state index in [2.05, 4.69) is 44.8 Å². The molecule has 3 fully saturated rings. The van der Waals surface area contributed by atoms with Crippen LogP contribution in [0, 0.1) is 0 Å². The van der Waals surface area contributed by atoms with E-state index in [0.717, 1.165) is 38.4 Å². The predicted octanol–water partition coefficient (Wildman–Crippen LogP) is 5.12. The van der Waals surface area contributed by atoms with Crippen LogP contribution in [-0.2, 0) is 11.3 Å². The molecule has 2 saturated heterocycles. The summed E-state index contributed by atoms with van der Waals surface area (Å²) >= 11 is 0. The zero-order valence-corrected chi connectivity index (χ0v) is 17.7. The maximum Gasteiger partial charge on any atom is 0.222 e. The number of hydrogen-bond donors (Lipinski definition) is 0. The second kappa shape index (κ2) is 8.51. The second-order valence-corrected chi connectivity index (χ2v) is 9.41. The van der Waals surface area contributed by atoms with Gasteiger partial charge in [-0.25, -0.2) is 0 Å². The molecular formula is C25H35N3O. The van der Waals surface area contributed by atoms with E-state index in [1.807, 2.05) is 0 Å². The molecule has 4 heteroatoms. The van der Waals surface area contributed by atoms with Gasteiger partial charge in [0.1, 0.15) is 0 Å². The van der Waals surface area contributed by atoms with Crippen molar-refractivity contribution in [3.8, 4) is 0 Å². The highest BCUT2D eigenvalue weighted by molar-refractivity contribution is 5.85. The van der Waals surface area contributed by atoms with Gasteiger partial charge in [0.2, 0.25) is 5.91 Å². The molecule has 29 heavy (non-hydrogen) atoms. The largest absolute Gasteiger partial charge is 0.344 e. The molecule has 0 unspecified atom stereocenters. The lowest BCUT2D eigenvalue weighted by atomic mass is 9.92. The van der Waals surface area contributed by atoms with Gasteiger partial charge in [0.15, 0.2) is 0 Å². The lowest BCUT2D eigenvalue weighted by molar-refractivity contribution is -0.133. The SMILES string of the molecule is O=C1CCCCN1Cc1cn(C2CCN(C3CCCCC3)CC2)c2ccccc12. The van der Waals surface area contributed by atoms with E-state index in [4.69, 9.17) is 0 Å². The van der Waals surface area contributed by atoms with Gasteiger partial charge >= 0.3 is 0 Å². The number of amides is 1. The minimum absolute atomic E-state index is 0.328. The van der Waals surface area contributed by atoms with Crippen molar-refractivity contribution in [2.45, 2.75) is 82.8 Å². The first-order valence-corrected chi connectivity index (χ1v) is 11.9. The van der Waals surface area contributed by atoms with Gasteiger partial charge in [-0.1, -0.05) is 37.5 Å². The number of hydrogen-bond acceptors (Lipinski definition) is 2. The Morgan fingerprint density at radius 1 is 0.828 bits per heavy atom. The van der Waals surface area contributed by atoms with Crippen molar-refractivity contribution in [2.75, 3.05) is 19.6 Å². The van der Waals surface area contributed by atoms with Crippen molar-refractivity contribution in [1.82, 2.24) is 14.4 Å². The Hall–Kier alpha value is -1.81. The summed E-state index contributed by atoms with van der Waals surface area (Å²) in [5.41, 5.74) is 2.67. The first-order chi connectivity index (χ1) is 14.3. The summed E-state index contributed by atoms with van der Waals surface area (Å²) in [6.07, 6.45) is 14.9. The Bertz CT molecular complexity index is 843. The van der Waals surface area contributed by atoms with E-state index < -0.39 is 0 Å². The molecule has 2 aliphatic heterocycles. The van der Waals surface area contributed by atoms with Gasteiger partial charge in [0.25, 0.3) is 0 Å². The summed E-state index contributed by atoms with van der Waals surface area (Å²) in [5, 5.41) is 1.33. The summed E-state index contributed by atoms with van der Waals surface area (Å²) < 4.78 is 2.54. The fourth-order valence-corrected chi connectivity index (χ4v) is 5.92. The molecule has 0 N–H and O–H groups in total. The average molecular weight is 394 g/mol. The number of rotatable bonds is 4. The zero-order chi connectivity index (χ0) is 19.6. The third-order valence-electron chi connectivity index (χ3n) is 7.59. The van der Waals surface area contributed by atoms with Crippen LogP contribution in [0.25, 0.3) is 10.9 Å². The van der Waals surface area contributed by atoms with Gasteiger partial charge in [-0.3, -0.25) is 4.79 Å². The first kappa shape index (κ1) is 19.2. The smallest absolute Gasteiger partial charge is 0.222 e. The van der Waals surface area contributed by atoms with Crippen molar-refractivity contribution in [3.05, 3.63) is 36.0 Å². The number of carbonyl (C=O) groups is 1. The Labute approximate surface area is 174 Å². The van der Waals surface area contributed by atoms with Crippen molar-refractivity contribution in [1.29, 1.82) is 0 Å². The summed E-state index contributed by atoms with van der Waals surface area (Å²) in [4.78, 5) is 17.2. The van der Waals surface area contributed by atoms with Gasteiger partial charge in [0.05, 0.1) is 0 Å². The molecule has 0 radical (unpaired) electrons. The number of likely N-dealkylation sites (tertiary alicyclic amines) is 2. The number of piperidine rings is 2. The molecule has 4 nitrogen and oxygen atoms in total. The van der Waals surface area contributed by atoms with Crippen LogP contribution in [0.15, 0.2) is 30.5 Å². The van der Waals surface area contributed by atoms with Crippen molar-refractivity contribution in [2.24, 2.45) is 0 Å². The zero-order valence-electron chi connectivity index (χ0n) is 17.7. The standard InChI is InChI=1S/C25H35N3O/c29-25-12-6-7-15-27(25)18-20-19-28(24-11-5-4-10-23(20)24)22-13-16-26(17-14-22)21-8-2-1-3-9-21/h4-5,10-11,19,21-22H,1-3,6-9,12-18H2. The summed E-state index contributed by atoms with van der Waals surface area (Å²) in [6.45, 7) is 4.16. The molecule has 0 bridgehead atoms. The van der Waals surface area contributed by atoms with Gasteiger partial charge in [0, 0.05) is 61.8 Å². The summed E-state index contributed by atoms with van der Waals surface area (Å²) in [5.74, 6) is 0.328.